The maximum Gasteiger partial charge on any atom is 0.335 e. The summed E-state index contributed by atoms with van der Waals surface area (Å²) in [5.74, 6) is -0.875. The minimum absolute atomic E-state index is 0.357. The average Bonchev–Trinajstić information content (AvgIpc) is 2.68. The quantitative estimate of drug-likeness (QED) is 0.484. The molecule has 0 heterocycles. The first kappa shape index (κ1) is 16.0. The summed E-state index contributed by atoms with van der Waals surface area (Å²) in [5.41, 5.74) is 11.3. The first-order valence-electron chi connectivity index (χ1n) is 9.16. The van der Waals surface area contributed by atoms with Crippen LogP contribution in [0.15, 0.2) is 48.5 Å². The fourth-order valence-corrected chi connectivity index (χ4v) is 4.42. The molecule has 0 bridgehead atoms. The van der Waals surface area contributed by atoms with Gasteiger partial charge in [-0.3, -0.25) is 4.79 Å². The van der Waals surface area contributed by atoms with Crippen molar-refractivity contribution < 1.29 is 14.7 Å². The predicted molar refractivity (Wildman–Crippen MR) is 103 cm³/mol. The highest BCUT2D eigenvalue weighted by molar-refractivity contribution is 5.88. The molecule has 0 unspecified atom stereocenters. The molecule has 0 spiro atoms. The Morgan fingerprint density at radius 3 is 1.70 bits per heavy atom. The van der Waals surface area contributed by atoms with E-state index >= 15 is 0 Å². The molecule has 3 aromatic rings. The molecular weight excluding hydrogens is 336 g/mol. The highest BCUT2D eigenvalue weighted by Gasteiger charge is 2.22. The second-order valence-electron chi connectivity index (χ2n) is 7.53. The Bertz CT molecular complexity index is 1120. The number of hydrogen-bond acceptors (Lipinski definition) is 2. The van der Waals surface area contributed by atoms with E-state index in [1.807, 2.05) is 24.3 Å². The SMILES string of the molecule is O=Cc1ccc2c(c1)Cc1cc3c(cc1C2)Cc1cc(C(=O)O)ccc1C3. The maximum atomic E-state index is 11.3. The predicted octanol–water partition coefficient (Wildman–Crippen LogP) is 4.19. The first-order chi connectivity index (χ1) is 13.1. The van der Waals surface area contributed by atoms with Crippen molar-refractivity contribution in [2.24, 2.45) is 0 Å². The molecule has 0 aromatic heterocycles. The third-order valence-electron chi connectivity index (χ3n) is 5.87. The molecule has 27 heavy (non-hydrogen) atoms. The fourth-order valence-electron chi connectivity index (χ4n) is 4.42. The molecule has 3 aromatic carbocycles. The number of carbonyl (C=O) groups excluding carboxylic acids is 1. The molecule has 0 atom stereocenters. The summed E-state index contributed by atoms with van der Waals surface area (Å²) in [7, 11) is 0. The van der Waals surface area contributed by atoms with Gasteiger partial charge in [0.05, 0.1) is 5.56 Å². The van der Waals surface area contributed by atoms with Gasteiger partial charge in [0.15, 0.2) is 0 Å². The van der Waals surface area contributed by atoms with Gasteiger partial charge >= 0.3 is 5.97 Å². The van der Waals surface area contributed by atoms with E-state index in [-0.39, 0.29) is 0 Å². The van der Waals surface area contributed by atoms with Crippen LogP contribution in [0.25, 0.3) is 0 Å². The number of aldehydes is 1. The van der Waals surface area contributed by atoms with Crippen LogP contribution in [0.4, 0.5) is 0 Å². The van der Waals surface area contributed by atoms with Crippen LogP contribution in [-0.2, 0) is 25.7 Å². The number of hydrogen-bond donors (Lipinski definition) is 1. The zero-order valence-electron chi connectivity index (χ0n) is 14.8. The van der Waals surface area contributed by atoms with E-state index in [2.05, 4.69) is 18.2 Å². The largest absolute Gasteiger partial charge is 0.478 e. The van der Waals surface area contributed by atoms with Gasteiger partial charge < -0.3 is 5.11 Å². The third-order valence-corrected chi connectivity index (χ3v) is 5.87. The van der Waals surface area contributed by atoms with Gasteiger partial charge in [-0.2, -0.15) is 0 Å². The van der Waals surface area contributed by atoms with Crippen LogP contribution < -0.4 is 0 Å². The van der Waals surface area contributed by atoms with E-state index in [1.165, 1.54) is 38.9 Å². The molecule has 0 radical (unpaired) electrons. The monoisotopic (exact) mass is 354 g/mol. The maximum absolute atomic E-state index is 11.3. The summed E-state index contributed by atoms with van der Waals surface area (Å²) in [4.78, 5) is 22.3. The molecule has 2 aliphatic carbocycles. The van der Waals surface area contributed by atoms with Crippen molar-refractivity contribution >= 4 is 12.3 Å². The van der Waals surface area contributed by atoms with Gasteiger partial charge in [0.1, 0.15) is 6.29 Å². The van der Waals surface area contributed by atoms with Crippen molar-refractivity contribution in [3.8, 4) is 0 Å². The van der Waals surface area contributed by atoms with E-state index in [9.17, 15) is 14.7 Å². The van der Waals surface area contributed by atoms with E-state index in [0.717, 1.165) is 43.1 Å². The van der Waals surface area contributed by atoms with Crippen molar-refractivity contribution in [3.63, 3.8) is 0 Å². The molecule has 0 amide bonds. The zero-order valence-corrected chi connectivity index (χ0v) is 14.8. The van der Waals surface area contributed by atoms with Crippen molar-refractivity contribution in [1.29, 1.82) is 0 Å². The van der Waals surface area contributed by atoms with Crippen LogP contribution in [0, 0.1) is 0 Å². The summed E-state index contributed by atoms with van der Waals surface area (Å²) in [6.07, 6.45) is 4.30. The summed E-state index contributed by atoms with van der Waals surface area (Å²) >= 11 is 0. The van der Waals surface area contributed by atoms with Crippen molar-refractivity contribution in [2.75, 3.05) is 0 Å². The topological polar surface area (TPSA) is 54.4 Å². The number of carboxylic acids is 1. The van der Waals surface area contributed by atoms with E-state index in [1.54, 1.807) is 6.07 Å². The minimum Gasteiger partial charge on any atom is -0.478 e. The Kier molecular flexibility index (Phi) is 3.51. The average molecular weight is 354 g/mol. The van der Waals surface area contributed by atoms with Crippen LogP contribution in [0.2, 0.25) is 0 Å². The Balaban J connectivity index is 1.52. The van der Waals surface area contributed by atoms with Gasteiger partial charge in [0.2, 0.25) is 0 Å². The van der Waals surface area contributed by atoms with E-state index in [0.29, 0.717) is 5.56 Å². The Labute approximate surface area is 157 Å². The van der Waals surface area contributed by atoms with Gasteiger partial charge in [-0.05, 0) is 88.4 Å². The van der Waals surface area contributed by atoms with Gasteiger partial charge in [0.25, 0.3) is 0 Å². The molecule has 132 valence electrons. The Hall–Kier alpha value is -3.20. The molecule has 0 saturated carbocycles. The van der Waals surface area contributed by atoms with E-state index in [4.69, 9.17) is 0 Å². The fraction of sp³-hybridized carbons (Fsp3) is 0.167. The minimum atomic E-state index is -0.875. The molecule has 3 heteroatoms. The second kappa shape index (κ2) is 5.92. The van der Waals surface area contributed by atoms with Gasteiger partial charge in [-0.15, -0.1) is 0 Å². The number of fused-ring (bicyclic) bond motifs is 4. The summed E-state index contributed by atoms with van der Waals surface area (Å²) in [6.45, 7) is 0. The summed E-state index contributed by atoms with van der Waals surface area (Å²) < 4.78 is 0. The number of rotatable bonds is 2. The summed E-state index contributed by atoms with van der Waals surface area (Å²) in [6, 6.07) is 16.0. The second-order valence-corrected chi connectivity index (χ2v) is 7.53. The Morgan fingerprint density at radius 2 is 1.15 bits per heavy atom. The number of benzene rings is 3. The van der Waals surface area contributed by atoms with E-state index < -0.39 is 5.97 Å². The lowest BCUT2D eigenvalue weighted by Crippen LogP contribution is -2.14. The first-order valence-corrected chi connectivity index (χ1v) is 9.16. The van der Waals surface area contributed by atoms with Crippen LogP contribution in [0.5, 0.6) is 0 Å². The molecule has 1 N–H and O–H groups in total. The number of carboxylic acid groups (broad SMARTS) is 1. The van der Waals surface area contributed by atoms with Crippen molar-refractivity contribution in [2.45, 2.75) is 25.7 Å². The normalized spacial score (nSPS) is 13.8. The highest BCUT2D eigenvalue weighted by Crippen LogP contribution is 2.34. The zero-order chi connectivity index (χ0) is 18.5. The van der Waals surface area contributed by atoms with Gasteiger partial charge in [-0.1, -0.05) is 30.3 Å². The van der Waals surface area contributed by atoms with Gasteiger partial charge in [0, 0.05) is 5.56 Å². The molecular formula is C24H18O3. The molecule has 0 fully saturated rings. The third kappa shape index (κ3) is 2.67. The Morgan fingerprint density at radius 1 is 0.667 bits per heavy atom. The standard InChI is InChI=1S/C24H18O3/c25-13-14-1-2-15-6-20-12-23-10-19-8-17(24(26)27)4-3-16(19)7-21(23)11-22(20)9-18(15)5-14/h1-5,8,11-13H,6-7,9-10H2,(H,26,27). The van der Waals surface area contributed by atoms with Crippen molar-refractivity contribution in [1.82, 2.24) is 0 Å². The van der Waals surface area contributed by atoms with Crippen molar-refractivity contribution in [3.05, 3.63) is 104 Å². The molecule has 0 aliphatic heterocycles. The lowest BCUT2D eigenvalue weighted by atomic mass is 9.79. The molecule has 3 nitrogen and oxygen atoms in total. The lowest BCUT2D eigenvalue weighted by molar-refractivity contribution is 0.0696. The van der Waals surface area contributed by atoms with Crippen LogP contribution >= 0.6 is 0 Å². The number of carbonyl (C=O) groups is 2. The summed E-state index contributed by atoms with van der Waals surface area (Å²) in [5, 5.41) is 9.25. The van der Waals surface area contributed by atoms with Crippen LogP contribution in [0.1, 0.15) is 65.2 Å². The highest BCUT2D eigenvalue weighted by atomic mass is 16.4. The molecule has 2 aliphatic rings. The lowest BCUT2D eigenvalue weighted by Gasteiger charge is -2.26. The smallest absolute Gasteiger partial charge is 0.335 e. The van der Waals surface area contributed by atoms with Gasteiger partial charge in [-0.25, -0.2) is 4.79 Å². The van der Waals surface area contributed by atoms with Crippen LogP contribution in [-0.4, -0.2) is 17.4 Å². The molecule has 5 rings (SSSR count). The number of aromatic carboxylic acids is 1. The molecule has 0 saturated heterocycles. The van der Waals surface area contributed by atoms with Crippen LogP contribution in [0.3, 0.4) is 0 Å².